The van der Waals surface area contributed by atoms with Crippen molar-refractivity contribution in [3.63, 3.8) is 0 Å². The minimum absolute atomic E-state index is 0. The van der Waals surface area contributed by atoms with E-state index in [1.165, 1.54) is 38.3 Å². The van der Waals surface area contributed by atoms with E-state index < -0.39 is 0 Å². The summed E-state index contributed by atoms with van der Waals surface area (Å²) < 4.78 is 0. The minimum Gasteiger partial charge on any atom is -0.107 e. The molecule has 0 aliphatic heterocycles. The van der Waals surface area contributed by atoms with Gasteiger partial charge in [-0.05, 0) is 0 Å². The Morgan fingerprint density at radius 2 is 1.30 bits per heavy atom. The Labute approximate surface area is 83.4 Å². The van der Waals surface area contributed by atoms with Gasteiger partial charge in [0.05, 0.1) is 0 Å². The number of rotatable bonds is 6. The highest BCUT2D eigenvalue weighted by atomic mass is 127. The first-order chi connectivity index (χ1) is 4.41. The van der Waals surface area contributed by atoms with Crippen LogP contribution in [0.4, 0.5) is 0 Å². The van der Waals surface area contributed by atoms with E-state index in [9.17, 15) is 0 Å². The lowest BCUT2D eigenvalue weighted by Crippen LogP contribution is -1.87. The molecule has 0 aliphatic rings. The molecule has 0 nitrogen and oxygen atoms in total. The highest BCUT2D eigenvalue weighted by molar-refractivity contribution is 14.0. The summed E-state index contributed by atoms with van der Waals surface area (Å²) in [4.78, 5) is 0. The van der Waals surface area contributed by atoms with E-state index >= 15 is 0 Å². The van der Waals surface area contributed by atoms with E-state index in [-0.39, 0.29) is 24.0 Å². The second kappa shape index (κ2) is 12.5. The van der Waals surface area contributed by atoms with Crippen LogP contribution in [0, 0.1) is 0 Å². The Morgan fingerprint density at radius 3 is 1.60 bits per heavy atom. The molecule has 61 valence electrons. The maximum atomic E-state index is 2.42. The summed E-state index contributed by atoms with van der Waals surface area (Å²) in [7, 11) is 2.42. The van der Waals surface area contributed by atoms with Gasteiger partial charge in [-0.1, -0.05) is 52.2 Å². The quantitative estimate of drug-likeness (QED) is 0.384. The van der Waals surface area contributed by atoms with Gasteiger partial charge in [-0.2, -0.15) is 0 Å². The molecule has 0 aromatic heterocycles. The zero-order valence-corrected chi connectivity index (χ0v) is 9.56. The normalized spacial score (nSPS) is 8.60. The van der Waals surface area contributed by atoms with Gasteiger partial charge in [-0.25, -0.2) is 0 Å². The maximum Gasteiger partial charge on any atom is 0.109 e. The van der Waals surface area contributed by atoms with Crippen LogP contribution in [-0.4, -0.2) is 7.28 Å². The molecule has 0 aromatic rings. The Bertz CT molecular complexity index is 42.5. The van der Waals surface area contributed by atoms with Crippen molar-refractivity contribution in [2.75, 3.05) is 0 Å². The SMILES string of the molecule is CCCC[B]CCCC.I. The minimum atomic E-state index is 0. The molecule has 0 aliphatic carbocycles. The van der Waals surface area contributed by atoms with Crippen LogP contribution in [0.2, 0.25) is 12.6 Å². The third-order valence-corrected chi connectivity index (χ3v) is 1.52. The van der Waals surface area contributed by atoms with Gasteiger partial charge >= 0.3 is 0 Å². The standard InChI is InChI=1S/C8H18B.HI/c1-3-5-7-9-8-6-4-2;/h3-8H2,1-2H3;1H. The predicted octanol–water partition coefficient (Wildman–Crippen LogP) is 3.75. The number of hydrogen-bond donors (Lipinski definition) is 0. The number of halogens is 1. The molecule has 0 rings (SSSR count). The van der Waals surface area contributed by atoms with Crippen molar-refractivity contribution in [3.8, 4) is 0 Å². The first-order valence-electron chi connectivity index (χ1n) is 4.23. The van der Waals surface area contributed by atoms with Crippen LogP contribution < -0.4 is 0 Å². The molecule has 0 N–H and O–H groups in total. The van der Waals surface area contributed by atoms with Crippen LogP contribution in [-0.2, 0) is 0 Å². The molecule has 10 heavy (non-hydrogen) atoms. The van der Waals surface area contributed by atoms with Crippen LogP contribution in [0.3, 0.4) is 0 Å². The van der Waals surface area contributed by atoms with E-state index in [0.717, 1.165) is 0 Å². The average molecular weight is 253 g/mol. The molecule has 0 saturated carbocycles. The van der Waals surface area contributed by atoms with Crippen LogP contribution in [0.1, 0.15) is 39.5 Å². The second-order valence-corrected chi connectivity index (χ2v) is 2.57. The van der Waals surface area contributed by atoms with Crippen molar-refractivity contribution in [1.29, 1.82) is 0 Å². The lowest BCUT2D eigenvalue weighted by molar-refractivity contribution is 0.851. The molecule has 0 heterocycles. The number of hydrogen-bond acceptors (Lipinski definition) is 0. The fraction of sp³-hybridized carbons (Fsp3) is 1.00. The van der Waals surface area contributed by atoms with Crippen molar-refractivity contribution in [2.24, 2.45) is 0 Å². The van der Waals surface area contributed by atoms with Gasteiger partial charge in [0.2, 0.25) is 0 Å². The third-order valence-electron chi connectivity index (χ3n) is 1.52. The third kappa shape index (κ3) is 11.6. The summed E-state index contributed by atoms with van der Waals surface area (Å²) in [5, 5.41) is 0. The first-order valence-corrected chi connectivity index (χ1v) is 4.23. The summed E-state index contributed by atoms with van der Waals surface area (Å²) in [6.07, 6.45) is 8.09. The zero-order valence-electron chi connectivity index (χ0n) is 7.23. The lowest BCUT2D eigenvalue weighted by atomic mass is 9.68. The van der Waals surface area contributed by atoms with Crippen molar-refractivity contribution >= 4 is 31.3 Å². The van der Waals surface area contributed by atoms with Crippen LogP contribution in [0.5, 0.6) is 0 Å². The highest BCUT2D eigenvalue weighted by Crippen LogP contribution is 1.99. The topological polar surface area (TPSA) is 0 Å². The molecule has 0 fully saturated rings. The molecule has 0 atom stereocenters. The van der Waals surface area contributed by atoms with E-state index in [0.29, 0.717) is 0 Å². The van der Waals surface area contributed by atoms with Gasteiger partial charge < -0.3 is 0 Å². The maximum absolute atomic E-state index is 2.42. The fourth-order valence-electron chi connectivity index (χ4n) is 0.841. The van der Waals surface area contributed by atoms with Crippen LogP contribution in [0.25, 0.3) is 0 Å². The molecule has 0 bridgehead atoms. The largest absolute Gasteiger partial charge is 0.109 e. The Hall–Kier alpha value is 0.795. The van der Waals surface area contributed by atoms with Crippen molar-refractivity contribution in [2.45, 2.75) is 52.2 Å². The lowest BCUT2D eigenvalue weighted by Gasteiger charge is -1.94. The van der Waals surface area contributed by atoms with Crippen molar-refractivity contribution in [1.82, 2.24) is 0 Å². The van der Waals surface area contributed by atoms with Crippen molar-refractivity contribution < 1.29 is 0 Å². The average Bonchev–Trinajstić information content (AvgIpc) is 1.89. The Balaban J connectivity index is 0. The Kier molecular flexibility index (Phi) is 16.7. The smallest absolute Gasteiger partial charge is 0.107 e. The molecule has 0 spiro atoms. The van der Waals surface area contributed by atoms with Gasteiger partial charge in [0, 0.05) is 0 Å². The van der Waals surface area contributed by atoms with Gasteiger partial charge in [-0.15, -0.1) is 24.0 Å². The summed E-state index contributed by atoms with van der Waals surface area (Å²) in [5.74, 6) is 0. The monoisotopic (exact) mass is 253 g/mol. The van der Waals surface area contributed by atoms with Gasteiger partial charge in [0.25, 0.3) is 0 Å². The molecular weight excluding hydrogens is 234 g/mol. The van der Waals surface area contributed by atoms with Crippen molar-refractivity contribution in [3.05, 3.63) is 0 Å². The highest BCUT2D eigenvalue weighted by Gasteiger charge is 1.88. The van der Waals surface area contributed by atoms with E-state index in [1.807, 2.05) is 0 Å². The van der Waals surface area contributed by atoms with E-state index in [1.54, 1.807) is 0 Å². The first kappa shape index (κ1) is 13.4. The van der Waals surface area contributed by atoms with Gasteiger partial charge in [-0.3, -0.25) is 0 Å². The molecular formula is C8H19BI. The molecule has 1 radical (unpaired) electrons. The molecule has 2 heteroatoms. The molecule has 0 unspecified atom stereocenters. The summed E-state index contributed by atoms with van der Waals surface area (Å²) in [6.45, 7) is 4.49. The fourth-order valence-corrected chi connectivity index (χ4v) is 0.841. The second-order valence-electron chi connectivity index (χ2n) is 2.57. The van der Waals surface area contributed by atoms with Gasteiger partial charge in [0.1, 0.15) is 7.28 Å². The van der Waals surface area contributed by atoms with Crippen LogP contribution in [0.15, 0.2) is 0 Å². The summed E-state index contributed by atoms with van der Waals surface area (Å²) >= 11 is 0. The predicted molar refractivity (Wildman–Crippen MR) is 60.6 cm³/mol. The van der Waals surface area contributed by atoms with E-state index in [4.69, 9.17) is 0 Å². The zero-order chi connectivity index (χ0) is 6.95. The van der Waals surface area contributed by atoms with E-state index in [2.05, 4.69) is 21.1 Å². The molecule has 0 saturated heterocycles. The Morgan fingerprint density at radius 1 is 0.900 bits per heavy atom. The van der Waals surface area contributed by atoms with Crippen LogP contribution >= 0.6 is 24.0 Å². The summed E-state index contributed by atoms with van der Waals surface area (Å²) in [6, 6.07) is 0. The number of unbranched alkanes of at least 4 members (excludes halogenated alkanes) is 2. The van der Waals surface area contributed by atoms with Gasteiger partial charge in [0.15, 0.2) is 0 Å². The molecule has 0 aromatic carbocycles. The molecule has 0 amide bonds. The summed E-state index contributed by atoms with van der Waals surface area (Å²) in [5.41, 5.74) is 0.